The molecule has 0 fully saturated rings. The van der Waals surface area contributed by atoms with Crippen molar-refractivity contribution in [2.24, 2.45) is 0 Å². The van der Waals surface area contributed by atoms with Gasteiger partial charge in [0, 0.05) is 60.6 Å². The van der Waals surface area contributed by atoms with Crippen molar-refractivity contribution in [3.63, 3.8) is 0 Å². The zero-order chi connectivity index (χ0) is 20.2. The highest BCUT2D eigenvalue weighted by atomic mass is 35.5. The molecule has 0 bridgehead atoms. The summed E-state index contributed by atoms with van der Waals surface area (Å²) in [6.07, 6.45) is 8.79. The first-order valence-corrected chi connectivity index (χ1v) is 9.40. The highest BCUT2D eigenvalue weighted by molar-refractivity contribution is 6.34. The minimum absolute atomic E-state index is 0.189. The fourth-order valence-corrected chi connectivity index (χ4v) is 3.52. The summed E-state index contributed by atoms with van der Waals surface area (Å²) in [7, 11) is 0. The van der Waals surface area contributed by atoms with E-state index in [1.807, 2.05) is 18.2 Å². The Morgan fingerprint density at radius 1 is 1.28 bits per heavy atom. The van der Waals surface area contributed by atoms with Crippen LogP contribution in [0.3, 0.4) is 0 Å². The number of carbonyl (C=O) groups excluding carboxylic acids is 1. The molecule has 4 aromatic heterocycles. The van der Waals surface area contributed by atoms with Crippen LogP contribution in [0.15, 0.2) is 55.2 Å². The van der Waals surface area contributed by atoms with Gasteiger partial charge in [0.1, 0.15) is 11.3 Å². The third kappa shape index (κ3) is 3.84. The smallest absolute Gasteiger partial charge is 0.270 e. The van der Waals surface area contributed by atoms with E-state index in [9.17, 15) is 4.79 Å². The average Bonchev–Trinajstić information content (AvgIpc) is 3.41. The number of hydrogen-bond donors (Lipinski definition) is 2. The first-order chi connectivity index (χ1) is 14.2. The van der Waals surface area contributed by atoms with Crippen LogP contribution in [0.2, 0.25) is 5.02 Å². The predicted octanol–water partition coefficient (Wildman–Crippen LogP) is 4.16. The number of nitrogens with one attached hydrogen (secondary N) is 2. The number of nitrogens with zero attached hydrogens (tertiary/aromatic N) is 4. The van der Waals surface area contributed by atoms with E-state index in [2.05, 4.69) is 26.0 Å². The molecular formula is C21H17ClN6O. The molecule has 0 spiro atoms. The Hall–Kier alpha value is -3.63. The van der Waals surface area contributed by atoms with E-state index in [1.54, 1.807) is 42.0 Å². The quantitative estimate of drug-likeness (QED) is 0.503. The van der Waals surface area contributed by atoms with E-state index in [4.69, 9.17) is 16.9 Å². The molecule has 144 valence electrons. The normalized spacial score (nSPS) is 10.8. The lowest BCUT2D eigenvalue weighted by molar-refractivity contribution is 0.0741. The Morgan fingerprint density at radius 2 is 2.17 bits per heavy atom. The molecule has 4 rings (SSSR count). The number of pyridine rings is 2. The lowest BCUT2D eigenvalue weighted by Gasteiger charge is -2.21. The van der Waals surface area contributed by atoms with Crippen molar-refractivity contribution in [3.05, 3.63) is 71.5 Å². The minimum Gasteiger partial charge on any atom is -0.357 e. The lowest BCUT2D eigenvalue weighted by atomic mass is 10.1. The monoisotopic (exact) mass is 404 g/mol. The molecular weight excluding hydrogens is 388 g/mol. The molecule has 0 saturated heterocycles. The maximum absolute atomic E-state index is 13.1. The molecule has 1 amide bonds. The maximum atomic E-state index is 13.1. The molecule has 4 heterocycles. The highest BCUT2D eigenvalue weighted by Crippen LogP contribution is 2.34. The number of amides is 1. The largest absolute Gasteiger partial charge is 0.357 e. The summed E-state index contributed by atoms with van der Waals surface area (Å²) >= 11 is 6.39. The van der Waals surface area contributed by atoms with Crippen molar-refractivity contribution >= 4 is 28.5 Å². The fraction of sp³-hybridized carbons (Fsp3) is 0.143. The Kier molecular flexibility index (Phi) is 5.27. The third-order valence-corrected chi connectivity index (χ3v) is 4.91. The van der Waals surface area contributed by atoms with E-state index in [-0.39, 0.29) is 12.3 Å². The molecule has 0 aliphatic carbocycles. The maximum Gasteiger partial charge on any atom is 0.270 e. The molecule has 29 heavy (non-hydrogen) atoms. The number of aromatic nitrogens is 4. The van der Waals surface area contributed by atoms with Gasteiger partial charge in [0.2, 0.25) is 0 Å². The van der Waals surface area contributed by atoms with Gasteiger partial charge in [0.05, 0.1) is 17.5 Å². The number of rotatable bonds is 6. The number of halogens is 1. The summed E-state index contributed by atoms with van der Waals surface area (Å²) < 4.78 is 0. The topological polar surface area (TPSA) is 101 Å². The molecule has 2 N–H and O–H groups in total. The van der Waals surface area contributed by atoms with Crippen LogP contribution in [0, 0.1) is 11.3 Å². The molecule has 0 saturated carbocycles. The number of fused-ring (bicyclic) bond motifs is 1. The molecule has 4 aromatic rings. The SMILES string of the molecule is N#CCCN(Cc1cccnc1)C(=O)c1cc(-c2c(Cl)cnc3[nH]ccc23)c[nH]1. The number of aromatic amines is 2. The Bertz CT molecular complexity index is 1190. The van der Waals surface area contributed by atoms with Crippen molar-refractivity contribution in [1.82, 2.24) is 24.8 Å². The summed E-state index contributed by atoms with van der Waals surface area (Å²) in [5.41, 5.74) is 3.66. The molecule has 0 aromatic carbocycles. The van der Waals surface area contributed by atoms with Crippen LogP contribution in [0.1, 0.15) is 22.5 Å². The zero-order valence-electron chi connectivity index (χ0n) is 15.4. The summed E-state index contributed by atoms with van der Waals surface area (Å²) in [5, 5.41) is 10.4. The highest BCUT2D eigenvalue weighted by Gasteiger charge is 2.20. The Morgan fingerprint density at radius 3 is 2.97 bits per heavy atom. The number of H-pyrrole nitrogens is 2. The van der Waals surface area contributed by atoms with Crippen LogP contribution in [-0.2, 0) is 6.54 Å². The van der Waals surface area contributed by atoms with Gasteiger partial charge in [-0.05, 0) is 23.8 Å². The summed E-state index contributed by atoms with van der Waals surface area (Å²) in [6, 6.07) is 9.50. The third-order valence-electron chi connectivity index (χ3n) is 4.62. The lowest BCUT2D eigenvalue weighted by Crippen LogP contribution is -2.31. The molecule has 0 aliphatic rings. The van der Waals surface area contributed by atoms with E-state index in [0.29, 0.717) is 23.8 Å². The van der Waals surface area contributed by atoms with E-state index in [1.165, 1.54) is 0 Å². The summed E-state index contributed by atoms with van der Waals surface area (Å²) in [6.45, 7) is 0.706. The fourth-order valence-electron chi connectivity index (χ4n) is 3.26. The second-order valence-electron chi connectivity index (χ2n) is 6.52. The van der Waals surface area contributed by atoms with Crippen molar-refractivity contribution in [2.75, 3.05) is 6.54 Å². The van der Waals surface area contributed by atoms with Gasteiger partial charge in [-0.2, -0.15) is 5.26 Å². The second-order valence-corrected chi connectivity index (χ2v) is 6.93. The Labute approximate surface area is 172 Å². The standard InChI is InChI=1S/C21H17ClN6O/c22-17-12-27-20-16(4-7-25-20)19(17)15-9-18(26-11-15)21(29)28(8-2-5-23)13-14-3-1-6-24-10-14/h1,3-4,6-7,9-12,26H,2,8,13H2,(H,25,27). The van der Waals surface area contributed by atoms with Gasteiger partial charge in [-0.3, -0.25) is 9.78 Å². The Balaban J connectivity index is 1.64. The van der Waals surface area contributed by atoms with Crippen LogP contribution < -0.4 is 0 Å². The van der Waals surface area contributed by atoms with Gasteiger partial charge in [0.25, 0.3) is 5.91 Å². The van der Waals surface area contributed by atoms with Crippen molar-refractivity contribution in [1.29, 1.82) is 5.26 Å². The molecule has 0 radical (unpaired) electrons. The van der Waals surface area contributed by atoms with Gasteiger partial charge in [-0.1, -0.05) is 17.7 Å². The average molecular weight is 405 g/mol. The minimum atomic E-state index is -0.189. The molecule has 8 heteroatoms. The van der Waals surface area contributed by atoms with Crippen LogP contribution in [0.25, 0.3) is 22.2 Å². The van der Waals surface area contributed by atoms with E-state index >= 15 is 0 Å². The van der Waals surface area contributed by atoms with Gasteiger partial charge >= 0.3 is 0 Å². The van der Waals surface area contributed by atoms with Crippen LogP contribution in [0.4, 0.5) is 0 Å². The summed E-state index contributed by atoms with van der Waals surface area (Å²) in [5.74, 6) is -0.189. The van der Waals surface area contributed by atoms with Gasteiger partial charge < -0.3 is 14.9 Å². The first kappa shape index (κ1) is 18.7. The molecule has 0 unspecified atom stereocenters. The van der Waals surface area contributed by atoms with Crippen LogP contribution in [0.5, 0.6) is 0 Å². The molecule has 7 nitrogen and oxygen atoms in total. The van der Waals surface area contributed by atoms with E-state index < -0.39 is 0 Å². The number of nitriles is 1. The van der Waals surface area contributed by atoms with Gasteiger partial charge in [-0.25, -0.2) is 4.98 Å². The molecule has 0 aliphatic heterocycles. The van der Waals surface area contributed by atoms with Gasteiger partial charge in [0.15, 0.2) is 0 Å². The van der Waals surface area contributed by atoms with Crippen molar-refractivity contribution < 1.29 is 4.79 Å². The first-order valence-electron chi connectivity index (χ1n) is 9.03. The van der Waals surface area contributed by atoms with Crippen LogP contribution in [-0.4, -0.2) is 37.3 Å². The van der Waals surface area contributed by atoms with Crippen LogP contribution >= 0.6 is 11.6 Å². The van der Waals surface area contributed by atoms with Crippen molar-refractivity contribution in [2.45, 2.75) is 13.0 Å². The van der Waals surface area contributed by atoms with Crippen molar-refractivity contribution in [3.8, 4) is 17.2 Å². The second kappa shape index (κ2) is 8.17. The molecule has 0 atom stereocenters. The zero-order valence-corrected chi connectivity index (χ0v) is 16.1. The number of hydrogen-bond acceptors (Lipinski definition) is 4. The van der Waals surface area contributed by atoms with E-state index in [0.717, 1.165) is 27.7 Å². The summed E-state index contributed by atoms with van der Waals surface area (Å²) in [4.78, 5) is 29.2. The predicted molar refractivity (Wildman–Crippen MR) is 110 cm³/mol. The number of carbonyl (C=O) groups is 1. The van der Waals surface area contributed by atoms with Gasteiger partial charge in [-0.15, -0.1) is 0 Å².